The van der Waals surface area contributed by atoms with E-state index in [1.165, 1.54) is 0 Å². The minimum Gasteiger partial charge on any atom is -0.222 e. The number of benzene rings is 1. The predicted octanol–water partition coefficient (Wildman–Crippen LogP) is 3.74. The normalized spacial score (nSPS) is 39.1. The zero-order valence-corrected chi connectivity index (χ0v) is 13.7. The summed E-state index contributed by atoms with van der Waals surface area (Å²) in [6.07, 6.45) is 3.09. The van der Waals surface area contributed by atoms with Crippen molar-refractivity contribution >= 4 is 41.7 Å². The fourth-order valence-corrected chi connectivity index (χ4v) is 9.53. The second-order valence-electron chi connectivity index (χ2n) is 5.10. The van der Waals surface area contributed by atoms with E-state index in [1.807, 2.05) is 6.07 Å². The summed E-state index contributed by atoms with van der Waals surface area (Å²) in [7, 11) is -3.31. The summed E-state index contributed by atoms with van der Waals surface area (Å²) in [5.74, 6) is 0.364. The monoisotopic (exact) mass is 392 g/mol. The summed E-state index contributed by atoms with van der Waals surface area (Å²) >= 11 is 7.24. The standard InChI is InChI=1S/C13H14Br2O2S/c14-12-10-7-4-8-11(12)13(10,15)18(16,17)9-5-2-1-3-6-9/h1-3,5-6,10-12H,4,7-8H2/t10-,11+,12?,13?. The number of halogens is 2. The highest BCUT2D eigenvalue weighted by atomic mass is 79.9. The van der Waals surface area contributed by atoms with Gasteiger partial charge in [-0.3, -0.25) is 0 Å². The first-order chi connectivity index (χ1) is 8.49. The number of hydrogen-bond acceptors (Lipinski definition) is 2. The number of sulfone groups is 1. The lowest BCUT2D eigenvalue weighted by Crippen LogP contribution is -2.65. The second kappa shape index (κ2) is 4.32. The van der Waals surface area contributed by atoms with Crippen LogP contribution in [0.2, 0.25) is 0 Å². The average Bonchev–Trinajstić information content (AvgIpc) is 2.40. The molecule has 0 amide bonds. The average molecular weight is 394 g/mol. The van der Waals surface area contributed by atoms with E-state index in [0.717, 1.165) is 19.3 Å². The van der Waals surface area contributed by atoms with E-state index < -0.39 is 13.5 Å². The lowest BCUT2D eigenvalue weighted by molar-refractivity contribution is 0.120. The van der Waals surface area contributed by atoms with E-state index in [1.54, 1.807) is 24.3 Å². The van der Waals surface area contributed by atoms with Crippen LogP contribution >= 0.6 is 31.9 Å². The molecule has 0 heterocycles. The molecule has 2 saturated carbocycles. The zero-order chi connectivity index (χ0) is 13.0. The van der Waals surface area contributed by atoms with Gasteiger partial charge in [-0.15, -0.1) is 0 Å². The molecule has 18 heavy (non-hydrogen) atoms. The van der Waals surface area contributed by atoms with Crippen LogP contribution in [0.3, 0.4) is 0 Å². The van der Waals surface area contributed by atoms with Gasteiger partial charge in [0, 0.05) is 16.7 Å². The third-order valence-corrected chi connectivity index (χ3v) is 10.3. The summed E-state index contributed by atoms with van der Waals surface area (Å²) < 4.78 is 24.9. The Morgan fingerprint density at radius 3 is 2.17 bits per heavy atom. The topological polar surface area (TPSA) is 34.1 Å². The van der Waals surface area contributed by atoms with Crippen LogP contribution in [0.25, 0.3) is 0 Å². The van der Waals surface area contributed by atoms with E-state index in [-0.39, 0.29) is 11.8 Å². The van der Waals surface area contributed by atoms with Crippen LogP contribution in [0.1, 0.15) is 19.3 Å². The highest BCUT2D eigenvalue weighted by Gasteiger charge is 2.68. The van der Waals surface area contributed by atoms with Crippen LogP contribution in [-0.2, 0) is 9.84 Å². The Morgan fingerprint density at radius 1 is 1.11 bits per heavy atom. The maximum Gasteiger partial charge on any atom is 0.194 e. The number of hydrogen-bond donors (Lipinski definition) is 0. The van der Waals surface area contributed by atoms with Crippen LogP contribution in [-0.4, -0.2) is 16.9 Å². The fourth-order valence-electron chi connectivity index (χ4n) is 3.32. The van der Waals surface area contributed by atoms with Crippen molar-refractivity contribution in [2.45, 2.75) is 32.6 Å². The van der Waals surface area contributed by atoms with Crippen LogP contribution in [0.5, 0.6) is 0 Å². The molecule has 4 atom stereocenters. The molecule has 5 heteroatoms. The first-order valence-electron chi connectivity index (χ1n) is 6.12. The van der Waals surface area contributed by atoms with E-state index in [0.29, 0.717) is 9.72 Å². The molecular weight excluding hydrogens is 380 g/mol. The molecule has 0 aliphatic heterocycles. The van der Waals surface area contributed by atoms with Gasteiger partial charge in [-0.05, 0) is 25.0 Å². The van der Waals surface area contributed by atoms with Crippen molar-refractivity contribution in [2.24, 2.45) is 11.8 Å². The summed E-state index contributed by atoms with van der Waals surface area (Å²) in [6.45, 7) is 0. The van der Waals surface area contributed by atoms with Gasteiger partial charge in [0.2, 0.25) is 0 Å². The highest BCUT2D eigenvalue weighted by Crippen LogP contribution is 2.64. The molecule has 0 N–H and O–H groups in total. The predicted molar refractivity (Wildman–Crippen MR) is 78.8 cm³/mol. The Kier molecular flexibility index (Phi) is 3.15. The largest absolute Gasteiger partial charge is 0.222 e. The van der Waals surface area contributed by atoms with E-state index in [9.17, 15) is 8.42 Å². The quantitative estimate of drug-likeness (QED) is 0.717. The summed E-state index contributed by atoms with van der Waals surface area (Å²) in [5.41, 5.74) is 0. The Labute approximate surface area is 124 Å². The van der Waals surface area contributed by atoms with Gasteiger partial charge in [-0.25, -0.2) is 8.42 Å². The van der Waals surface area contributed by atoms with Crippen molar-refractivity contribution in [1.29, 1.82) is 0 Å². The molecule has 0 spiro atoms. The van der Waals surface area contributed by atoms with Crippen molar-refractivity contribution in [1.82, 2.24) is 0 Å². The summed E-state index contributed by atoms with van der Waals surface area (Å²) in [4.78, 5) is 0.766. The first kappa shape index (κ1) is 13.1. The molecule has 98 valence electrons. The van der Waals surface area contributed by atoms with Crippen molar-refractivity contribution in [2.75, 3.05) is 0 Å². The maximum absolute atomic E-state index is 12.8. The Morgan fingerprint density at radius 2 is 1.67 bits per heavy atom. The van der Waals surface area contributed by atoms with Crippen molar-refractivity contribution in [3.63, 3.8) is 0 Å². The third kappa shape index (κ3) is 1.53. The minimum atomic E-state index is -3.31. The van der Waals surface area contributed by atoms with Crippen molar-refractivity contribution < 1.29 is 8.42 Å². The molecule has 1 aromatic rings. The highest BCUT2D eigenvalue weighted by molar-refractivity contribution is 9.12. The van der Waals surface area contributed by atoms with Crippen LogP contribution in [0, 0.1) is 11.8 Å². The summed E-state index contributed by atoms with van der Waals surface area (Å²) in [5, 5.41) is 0. The van der Waals surface area contributed by atoms with Gasteiger partial charge in [-0.2, -0.15) is 0 Å². The Balaban J connectivity index is 2.06. The number of rotatable bonds is 2. The molecule has 2 unspecified atom stereocenters. The minimum absolute atomic E-state index is 0.182. The van der Waals surface area contributed by atoms with Crippen molar-refractivity contribution in [3.8, 4) is 0 Å². The molecular formula is C13H14Br2O2S. The molecule has 0 saturated heterocycles. The third-order valence-electron chi connectivity index (χ3n) is 4.28. The zero-order valence-electron chi connectivity index (χ0n) is 9.72. The SMILES string of the molecule is O=S(=O)(c1ccccc1)C1(Br)[C@@H]2CCC[C@H]1C2Br. The molecule has 2 aliphatic rings. The van der Waals surface area contributed by atoms with Gasteiger partial charge in [0.1, 0.15) is 3.66 Å². The van der Waals surface area contributed by atoms with Gasteiger partial charge in [0.25, 0.3) is 0 Å². The van der Waals surface area contributed by atoms with E-state index >= 15 is 0 Å². The van der Waals surface area contributed by atoms with Crippen LogP contribution in [0.4, 0.5) is 0 Å². The molecule has 1 aromatic carbocycles. The lowest BCUT2D eigenvalue weighted by Gasteiger charge is -2.59. The number of fused-ring (bicyclic) bond motifs is 2. The van der Waals surface area contributed by atoms with Gasteiger partial charge in [0.15, 0.2) is 9.84 Å². The van der Waals surface area contributed by atoms with Crippen molar-refractivity contribution in [3.05, 3.63) is 30.3 Å². The number of alkyl halides is 2. The molecule has 2 bridgehead atoms. The first-order valence-corrected chi connectivity index (χ1v) is 9.31. The van der Waals surface area contributed by atoms with Crippen LogP contribution < -0.4 is 0 Å². The molecule has 3 rings (SSSR count). The molecule has 2 nitrogen and oxygen atoms in total. The Bertz CT molecular complexity index is 544. The van der Waals surface area contributed by atoms with Gasteiger partial charge >= 0.3 is 0 Å². The lowest BCUT2D eigenvalue weighted by atomic mass is 9.64. The molecule has 2 aliphatic carbocycles. The smallest absolute Gasteiger partial charge is 0.194 e. The summed E-state index contributed by atoms with van der Waals surface area (Å²) in [6, 6.07) is 8.78. The molecule has 0 radical (unpaired) electrons. The van der Waals surface area contributed by atoms with Crippen LogP contribution in [0.15, 0.2) is 35.2 Å². The van der Waals surface area contributed by atoms with Gasteiger partial charge in [0.05, 0.1) is 4.90 Å². The van der Waals surface area contributed by atoms with E-state index in [4.69, 9.17) is 0 Å². The van der Waals surface area contributed by atoms with Gasteiger partial charge in [-0.1, -0.05) is 56.5 Å². The second-order valence-corrected chi connectivity index (χ2v) is 10.2. The fraction of sp³-hybridized carbons (Fsp3) is 0.538. The van der Waals surface area contributed by atoms with E-state index in [2.05, 4.69) is 31.9 Å². The molecule has 2 fully saturated rings. The Hall–Kier alpha value is 0.130. The maximum atomic E-state index is 12.8. The van der Waals surface area contributed by atoms with Gasteiger partial charge < -0.3 is 0 Å². The molecule has 0 aromatic heterocycles.